The number of likely N-dealkylation sites (tertiary alicyclic amines) is 1. The lowest BCUT2D eigenvalue weighted by molar-refractivity contribution is 0.139. The van der Waals surface area contributed by atoms with Gasteiger partial charge in [0.1, 0.15) is 12.4 Å². The van der Waals surface area contributed by atoms with Crippen LogP contribution in [0, 0.1) is 0 Å². The van der Waals surface area contributed by atoms with Crippen LogP contribution in [0.3, 0.4) is 0 Å². The van der Waals surface area contributed by atoms with Crippen LogP contribution >= 0.6 is 11.6 Å². The largest absolute Gasteiger partial charge is 0.491 e. The zero-order valence-electron chi connectivity index (χ0n) is 9.81. The van der Waals surface area contributed by atoms with E-state index >= 15 is 0 Å². The van der Waals surface area contributed by atoms with Crippen LogP contribution in [0.5, 0.6) is 5.75 Å². The highest BCUT2D eigenvalue weighted by molar-refractivity contribution is 6.32. The van der Waals surface area contributed by atoms with E-state index in [1.54, 1.807) is 0 Å². The maximum absolute atomic E-state index is 9.19. The third-order valence-electron chi connectivity index (χ3n) is 3.18. The van der Waals surface area contributed by atoms with Gasteiger partial charge in [-0.1, -0.05) is 23.7 Å². The molecule has 1 aliphatic heterocycles. The molecular formula is C13H18ClNO2. The van der Waals surface area contributed by atoms with Gasteiger partial charge >= 0.3 is 0 Å². The van der Waals surface area contributed by atoms with Gasteiger partial charge in [-0.3, -0.25) is 4.90 Å². The van der Waals surface area contributed by atoms with Crippen LogP contribution in [0.25, 0.3) is 0 Å². The third-order valence-corrected chi connectivity index (χ3v) is 3.49. The number of rotatable bonds is 5. The standard InChI is InChI=1S/C13H18ClNO2/c14-12-5-1-2-6-13(12)17-9-8-15-7-3-4-11(15)10-16/h1-2,5-6,11,16H,3-4,7-10H2/t11-/m0/s1. The lowest BCUT2D eigenvalue weighted by atomic mass is 10.2. The van der Waals surface area contributed by atoms with E-state index < -0.39 is 0 Å². The van der Waals surface area contributed by atoms with E-state index in [1.165, 1.54) is 0 Å². The molecule has 4 heteroatoms. The van der Waals surface area contributed by atoms with Crippen LogP contribution in [-0.2, 0) is 0 Å². The van der Waals surface area contributed by atoms with Crippen molar-refractivity contribution in [3.05, 3.63) is 29.3 Å². The first kappa shape index (κ1) is 12.7. The van der Waals surface area contributed by atoms with E-state index in [0.29, 0.717) is 17.7 Å². The summed E-state index contributed by atoms with van der Waals surface area (Å²) in [5, 5.41) is 9.84. The zero-order valence-corrected chi connectivity index (χ0v) is 10.6. The van der Waals surface area contributed by atoms with Crippen molar-refractivity contribution in [1.29, 1.82) is 0 Å². The monoisotopic (exact) mass is 255 g/mol. The number of aliphatic hydroxyl groups is 1. The van der Waals surface area contributed by atoms with Gasteiger partial charge < -0.3 is 9.84 Å². The summed E-state index contributed by atoms with van der Waals surface area (Å²) in [7, 11) is 0. The van der Waals surface area contributed by atoms with Crippen LogP contribution in [0.1, 0.15) is 12.8 Å². The second-order valence-electron chi connectivity index (χ2n) is 4.29. The van der Waals surface area contributed by atoms with Gasteiger partial charge in [0.25, 0.3) is 0 Å². The highest BCUT2D eigenvalue weighted by Gasteiger charge is 2.23. The van der Waals surface area contributed by atoms with Crippen molar-refractivity contribution in [2.45, 2.75) is 18.9 Å². The Bertz CT molecular complexity index is 359. The average molecular weight is 256 g/mol. The summed E-state index contributed by atoms with van der Waals surface area (Å²) < 4.78 is 5.64. The highest BCUT2D eigenvalue weighted by Crippen LogP contribution is 2.23. The van der Waals surface area contributed by atoms with E-state index in [0.717, 1.165) is 31.7 Å². The number of aliphatic hydroxyl groups excluding tert-OH is 1. The second-order valence-corrected chi connectivity index (χ2v) is 4.70. The van der Waals surface area contributed by atoms with Gasteiger partial charge in [0, 0.05) is 12.6 Å². The van der Waals surface area contributed by atoms with Crippen molar-refractivity contribution in [2.24, 2.45) is 0 Å². The predicted molar refractivity (Wildman–Crippen MR) is 68.6 cm³/mol. The van der Waals surface area contributed by atoms with Crippen molar-refractivity contribution in [1.82, 2.24) is 4.90 Å². The van der Waals surface area contributed by atoms with Crippen LogP contribution in [0.15, 0.2) is 24.3 Å². The fourth-order valence-electron chi connectivity index (χ4n) is 2.23. The number of halogens is 1. The van der Waals surface area contributed by atoms with Crippen molar-refractivity contribution >= 4 is 11.6 Å². The number of hydrogen-bond donors (Lipinski definition) is 1. The van der Waals surface area contributed by atoms with Gasteiger partial charge in [-0.2, -0.15) is 0 Å². The molecule has 0 radical (unpaired) electrons. The van der Waals surface area contributed by atoms with Crippen molar-refractivity contribution in [3.63, 3.8) is 0 Å². The summed E-state index contributed by atoms with van der Waals surface area (Å²) in [4.78, 5) is 2.27. The molecule has 0 aromatic heterocycles. The van der Waals surface area contributed by atoms with E-state index in [-0.39, 0.29) is 6.61 Å². The number of ether oxygens (including phenoxy) is 1. The lowest BCUT2D eigenvalue weighted by Gasteiger charge is -2.22. The van der Waals surface area contributed by atoms with Gasteiger partial charge in [0.15, 0.2) is 0 Å². The minimum atomic E-state index is 0.242. The number of nitrogens with zero attached hydrogens (tertiary/aromatic N) is 1. The first-order chi connectivity index (χ1) is 8.31. The Balaban J connectivity index is 1.78. The van der Waals surface area contributed by atoms with E-state index in [2.05, 4.69) is 4.90 Å². The Morgan fingerprint density at radius 1 is 1.41 bits per heavy atom. The Morgan fingerprint density at radius 2 is 2.24 bits per heavy atom. The zero-order chi connectivity index (χ0) is 12.1. The SMILES string of the molecule is OC[C@@H]1CCCN1CCOc1ccccc1Cl. The smallest absolute Gasteiger partial charge is 0.137 e. The van der Waals surface area contributed by atoms with E-state index in [4.69, 9.17) is 16.3 Å². The summed E-state index contributed by atoms with van der Waals surface area (Å²) in [6, 6.07) is 7.80. The molecule has 1 fully saturated rings. The molecule has 0 bridgehead atoms. The molecule has 1 saturated heterocycles. The molecule has 1 N–H and O–H groups in total. The van der Waals surface area contributed by atoms with Gasteiger partial charge in [0.05, 0.1) is 11.6 Å². The summed E-state index contributed by atoms with van der Waals surface area (Å²) >= 11 is 6.00. The fourth-order valence-corrected chi connectivity index (χ4v) is 2.42. The molecule has 2 rings (SSSR count). The molecule has 1 heterocycles. The molecule has 94 valence electrons. The van der Waals surface area contributed by atoms with E-state index in [9.17, 15) is 5.11 Å². The first-order valence-corrected chi connectivity index (χ1v) is 6.41. The molecular weight excluding hydrogens is 238 g/mol. The molecule has 1 aromatic rings. The highest BCUT2D eigenvalue weighted by atomic mass is 35.5. The van der Waals surface area contributed by atoms with Crippen molar-refractivity contribution < 1.29 is 9.84 Å². The Hall–Kier alpha value is -0.770. The van der Waals surface area contributed by atoms with Crippen molar-refractivity contribution in [2.75, 3.05) is 26.3 Å². The van der Waals surface area contributed by atoms with E-state index in [1.807, 2.05) is 24.3 Å². The topological polar surface area (TPSA) is 32.7 Å². The van der Waals surface area contributed by atoms with Gasteiger partial charge in [-0.05, 0) is 31.5 Å². The van der Waals surface area contributed by atoms with Crippen LogP contribution in [0.2, 0.25) is 5.02 Å². The van der Waals surface area contributed by atoms with Gasteiger partial charge in [0.2, 0.25) is 0 Å². The quantitative estimate of drug-likeness (QED) is 0.875. The van der Waals surface area contributed by atoms with Crippen LogP contribution in [-0.4, -0.2) is 42.4 Å². The number of hydrogen-bond acceptors (Lipinski definition) is 3. The average Bonchev–Trinajstić information content (AvgIpc) is 2.79. The molecule has 1 aliphatic rings. The summed E-state index contributed by atoms with van der Waals surface area (Å²) in [6.45, 7) is 2.75. The van der Waals surface area contributed by atoms with Crippen LogP contribution < -0.4 is 4.74 Å². The molecule has 0 saturated carbocycles. The fraction of sp³-hybridized carbons (Fsp3) is 0.538. The minimum absolute atomic E-state index is 0.242. The summed E-state index contributed by atoms with van der Waals surface area (Å²) in [5.41, 5.74) is 0. The van der Waals surface area contributed by atoms with Gasteiger partial charge in [-0.15, -0.1) is 0 Å². The number of para-hydroxylation sites is 1. The maximum Gasteiger partial charge on any atom is 0.137 e. The van der Waals surface area contributed by atoms with Crippen molar-refractivity contribution in [3.8, 4) is 5.75 Å². The minimum Gasteiger partial charge on any atom is -0.491 e. The third kappa shape index (κ3) is 3.35. The van der Waals surface area contributed by atoms with Crippen LogP contribution in [0.4, 0.5) is 0 Å². The second kappa shape index (κ2) is 6.24. The number of benzene rings is 1. The lowest BCUT2D eigenvalue weighted by Crippen LogP contribution is -2.35. The molecule has 0 amide bonds. The molecule has 1 atom stereocenters. The Labute approximate surface area is 107 Å². The predicted octanol–water partition coefficient (Wildman–Crippen LogP) is 2.18. The molecule has 0 spiro atoms. The normalized spacial score (nSPS) is 20.7. The molecule has 0 unspecified atom stereocenters. The first-order valence-electron chi connectivity index (χ1n) is 6.03. The maximum atomic E-state index is 9.19. The Morgan fingerprint density at radius 3 is 3.00 bits per heavy atom. The molecule has 0 aliphatic carbocycles. The summed E-state index contributed by atoms with van der Waals surface area (Å²) in [6.07, 6.45) is 2.25. The molecule has 1 aromatic carbocycles. The molecule has 3 nitrogen and oxygen atoms in total. The van der Waals surface area contributed by atoms with Gasteiger partial charge in [-0.25, -0.2) is 0 Å². The Kier molecular flexibility index (Phi) is 4.66. The molecule has 17 heavy (non-hydrogen) atoms. The summed E-state index contributed by atoms with van der Waals surface area (Å²) in [5.74, 6) is 0.730.